The zero-order valence-electron chi connectivity index (χ0n) is 11.8. The second-order valence-corrected chi connectivity index (χ2v) is 5.55. The van der Waals surface area contributed by atoms with Gasteiger partial charge in [-0.15, -0.1) is 0 Å². The Morgan fingerprint density at radius 2 is 1.70 bits per heavy atom. The molecule has 2 N–H and O–H groups in total. The lowest BCUT2D eigenvalue weighted by atomic mass is 10.1. The first-order valence-corrected chi connectivity index (χ1v) is 7.37. The monoisotopic (exact) mass is 353 g/mol. The Kier molecular flexibility index (Phi) is 5.84. The molecule has 120 valence electrons. The maximum absolute atomic E-state index is 11.8. The molecule has 0 aliphatic carbocycles. The Hall–Kier alpha value is -2.24. The van der Waals surface area contributed by atoms with Gasteiger partial charge in [0.15, 0.2) is 6.04 Å². The van der Waals surface area contributed by atoms with Gasteiger partial charge < -0.3 is 15.2 Å². The molecule has 23 heavy (non-hydrogen) atoms. The number of ether oxygens (including phenoxy) is 1. The fraction of sp³-hybridized carbons (Fsp3) is 0.125. The Balaban J connectivity index is 2.04. The van der Waals surface area contributed by atoms with Gasteiger partial charge in [-0.25, -0.2) is 9.59 Å². The van der Waals surface area contributed by atoms with Crippen molar-refractivity contribution < 1.29 is 19.4 Å². The minimum atomic E-state index is -1.31. The minimum Gasteiger partial charge on any atom is -0.479 e. The Morgan fingerprint density at radius 1 is 1.09 bits per heavy atom. The van der Waals surface area contributed by atoms with Crippen LogP contribution < -0.4 is 5.32 Å². The molecule has 1 amide bonds. The summed E-state index contributed by atoms with van der Waals surface area (Å²) in [6.07, 6.45) is -0.850. The van der Waals surface area contributed by atoms with Crippen molar-refractivity contribution in [3.63, 3.8) is 0 Å². The number of rotatable bonds is 5. The van der Waals surface area contributed by atoms with Crippen LogP contribution >= 0.6 is 23.2 Å². The molecule has 0 saturated carbocycles. The third-order valence-electron chi connectivity index (χ3n) is 2.94. The number of carboxylic acids is 1. The Morgan fingerprint density at radius 3 is 2.26 bits per heavy atom. The number of hydrogen-bond donors (Lipinski definition) is 2. The fourth-order valence-corrected chi connectivity index (χ4v) is 2.46. The van der Waals surface area contributed by atoms with E-state index in [2.05, 4.69) is 5.32 Å². The Labute approximate surface area is 142 Å². The summed E-state index contributed by atoms with van der Waals surface area (Å²) in [5, 5.41) is 12.1. The van der Waals surface area contributed by atoms with Gasteiger partial charge in [-0.3, -0.25) is 0 Å². The van der Waals surface area contributed by atoms with Crippen molar-refractivity contribution in [1.82, 2.24) is 5.32 Å². The lowest BCUT2D eigenvalue weighted by Gasteiger charge is -2.15. The normalized spacial score (nSPS) is 11.6. The number of halogens is 2. The van der Waals surface area contributed by atoms with Crippen molar-refractivity contribution in [2.24, 2.45) is 0 Å². The number of alkyl carbamates (subject to hydrolysis) is 1. The second-order valence-electron chi connectivity index (χ2n) is 4.68. The van der Waals surface area contributed by atoms with Gasteiger partial charge in [0.05, 0.1) is 0 Å². The van der Waals surface area contributed by atoms with E-state index < -0.39 is 18.1 Å². The lowest BCUT2D eigenvalue weighted by Crippen LogP contribution is -2.34. The van der Waals surface area contributed by atoms with E-state index in [4.69, 9.17) is 27.9 Å². The van der Waals surface area contributed by atoms with E-state index in [1.54, 1.807) is 12.1 Å². The van der Waals surface area contributed by atoms with Crippen LogP contribution in [0.2, 0.25) is 10.0 Å². The Bertz CT molecular complexity index is 686. The molecule has 0 spiro atoms. The van der Waals surface area contributed by atoms with Crippen LogP contribution in [-0.2, 0) is 16.1 Å². The standard InChI is InChI=1S/C16H13Cl2NO4/c17-12-6-11(7-13(18)8-12)14(15(20)21)19-16(22)23-9-10-4-2-1-3-5-10/h1-8,14H,9H2,(H,19,22)(H,20,21). The first-order chi connectivity index (χ1) is 11.0. The van der Waals surface area contributed by atoms with E-state index in [9.17, 15) is 14.7 Å². The number of carbonyl (C=O) groups excluding carboxylic acids is 1. The van der Waals surface area contributed by atoms with Crippen LogP contribution in [0.15, 0.2) is 48.5 Å². The molecule has 5 nitrogen and oxygen atoms in total. The summed E-state index contributed by atoms with van der Waals surface area (Å²) in [7, 11) is 0. The summed E-state index contributed by atoms with van der Waals surface area (Å²) in [6, 6.07) is 12.0. The molecule has 0 radical (unpaired) electrons. The SMILES string of the molecule is O=C(NC(C(=O)O)c1cc(Cl)cc(Cl)c1)OCc1ccccc1. The molecule has 0 saturated heterocycles. The molecule has 7 heteroatoms. The largest absolute Gasteiger partial charge is 0.479 e. The van der Waals surface area contributed by atoms with Crippen molar-refractivity contribution in [2.45, 2.75) is 12.6 Å². The van der Waals surface area contributed by atoms with Crippen molar-refractivity contribution in [2.75, 3.05) is 0 Å². The number of carboxylic acid groups (broad SMARTS) is 1. The van der Waals surface area contributed by atoms with Crippen LogP contribution in [-0.4, -0.2) is 17.2 Å². The quantitative estimate of drug-likeness (QED) is 0.850. The third kappa shape index (κ3) is 5.16. The van der Waals surface area contributed by atoms with Gasteiger partial charge in [-0.1, -0.05) is 53.5 Å². The maximum atomic E-state index is 11.8. The summed E-state index contributed by atoms with van der Waals surface area (Å²) >= 11 is 11.7. The summed E-state index contributed by atoms with van der Waals surface area (Å²) in [6.45, 7) is 0.0370. The molecule has 2 aromatic carbocycles. The van der Waals surface area contributed by atoms with Crippen LogP contribution in [0.3, 0.4) is 0 Å². The number of carbonyl (C=O) groups is 2. The molecule has 0 aliphatic rings. The molecule has 0 fully saturated rings. The summed E-state index contributed by atoms with van der Waals surface area (Å²) in [4.78, 5) is 23.2. The van der Waals surface area contributed by atoms with Crippen LogP contribution in [0.4, 0.5) is 4.79 Å². The van der Waals surface area contributed by atoms with Crippen molar-refractivity contribution in [3.8, 4) is 0 Å². The first kappa shape index (κ1) is 17.1. The van der Waals surface area contributed by atoms with Crippen LogP contribution in [0.1, 0.15) is 17.2 Å². The van der Waals surface area contributed by atoms with E-state index in [1.807, 2.05) is 18.2 Å². The average Bonchev–Trinajstić information content (AvgIpc) is 2.50. The number of nitrogens with one attached hydrogen (secondary N) is 1. The van der Waals surface area contributed by atoms with E-state index in [1.165, 1.54) is 18.2 Å². The van der Waals surface area contributed by atoms with Crippen molar-refractivity contribution in [3.05, 3.63) is 69.7 Å². The molecule has 0 bridgehead atoms. The predicted octanol–water partition coefficient (Wildman–Crippen LogP) is 4.05. The number of benzene rings is 2. The summed E-state index contributed by atoms with van der Waals surface area (Å²) in [5.41, 5.74) is 1.05. The second kappa shape index (κ2) is 7.85. The van der Waals surface area contributed by atoms with Crippen molar-refractivity contribution >= 4 is 35.3 Å². The highest BCUT2D eigenvalue weighted by atomic mass is 35.5. The molecule has 1 unspecified atom stereocenters. The molecule has 0 aromatic heterocycles. The highest BCUT2D eigenvalue weighted by Gasteiger charge is 2.23. The highest BCUT2D eigenvalue weighted by Crippen LogP contribution is 2.24. The van der Waals surface area contributed by atoms with E-state index in [0.717, 1.165) is 5.56 Å². The fourth-order valence-electron chi connectivity index (χ4n) is 1.91. The van der Waals surface area contributed by atoms with Gasteiger partial charge in [0.1, 0.15) is 6.61 Å². The maximum Gasteiger partial charge on any atom is 0.408 e. The van der Waals surface area contributed by atoms with E-state index in [0.29, 0.717) is 0 Å². The van der Waals surface area contributed by atoms with Crippen LogP contribution in [0.25, 0.3) is 0 Å². The number of aliphatic carboxylic acids is 1. The van der Waals surface area contributed by atoms with Gasteiger partial charge in [0.25, 0.3) is 0 Å². The summed E-state index contributed by atoms with van der Waals surface area (Å²) in [5.74, 6) is -1.25. The molecular formula is C16H13Cl2NO4. The van der Waals surface area contributed by atoms with Gasteiger partial charge in [0.2, 0.25) is 0 Å². The number of hydrogen-bond acceptors (Lipinski definition) is 3. The molecule has 2 aromatic rings. The van der Waals surface area contributed by atoms with Gasteiger partial charge in [0, 0.05) is 10.0 Å². The third-order valence-corrected chi connectivity index (χ3v) is 3.38. The zero-order chi connectivity index (χ0) is 16.8. The average molecular weight is 354 g/mol. The van der Waals surface area contributed by atoms with E-state index in [-0.39, 0.29) is 22.2 Å². The molecular weight excluding hydrogens is 341 g/mol. The predicted molar refractivity (Wildman–Crippen MR) is 86.6 cm³/mol. The van der Waals surface area contributed by atoms with Gasteiger partial charge >= 0.3 is 12.1 Å². The molecule has 1 atom stereocenters. The number of amides is 1. The lowest BCUT2D eigenvalue weighted by molar-refractivity contribution is -0.139. The van der Waals surface area contributed by atoms with Gasteiger partial charge in [-0.2, -0.15) is 0 Å². The van der Waals surface area contributed by atoms with Crippen molar-refractivity contribution in [1.29, 1.82) is 0 Å². The topological polar surface area (TPSA) is 75.6 Å². The van der Waals surface area contributed by atoms with Gasteiger partial charge in [-0.05, 0) is 29.3 Å². The van der Waals surface area contributed by atoms with E-state index >= 15 is 0 Å². The highest BCUT2D eigenvalue weighted by molar-refractivity contribution is 6.34. The molecule has 0 heterocycles. The smallest absolute Gasteiger partial charge is 0.408 e. The van der Waals surface area contributed by atoms with Crippen LogP contribution in [0, 0.1) is 0 Å². The minimum absolute atomic E-state index is 0.0370. The summed E-state index contributed by atoms with van der Waals surface area (Å²) < 4.78 is 5.01. The molecule has 2 rings (SSSR count). The molecule has 0 aliphatic heterocycles. The van der Waals surface area contributed by atoms with Crippen LogP contribution in [0.5, 0.6) is 0 Å². The zero-order valence-corrected chi connectivity index (χ0v) is 13.3. The first-order valence-electron chi connectivity index (χ1n) is 6.61.